The van der Waals surface area contributed by atoms with E-state index in [1.54, 1.807) is 0 Å². The summed E-state index contributed by atoms with van der Waals surface area (Å²) in [5.41, 5.74) is 4.02. The van der Waals surface area contributed by atoms with E-state index >= 15 is 0 Å². The van der Waals surface area contributed by atoms with Crippen LogP contribution in [0.5, 0.6) is 5.75 Å². The van der Waals surface area contributed by atoms with Gasteiger partial charge in [-0.05, 0) is 99.3 Å². The molecule has 1 aliphatic heterocycles. The van der Waals surface area contributed by atoms with Crippen molar-refractivity contribution < 1.29 is 14.3 Å². The van der Waals surface area contributed by atoms with Crippen molar-refractivity contribution in [2.45, 2.75) is 70.9 Å². The molecule has 2 fully saturated rings. The monoisotopic (exact) mass is 485 g/mol. The number of hydrogen-bond donors (Lipinski definition) is 0. The van der Waals surface area contributed by atoms with Crippen molar-refractivity contribution in [3.05, 3.63) is 77.4 Å². The fraction of sp³-hybridized carbons (Fsp3) is 0.469. The minimum Gasteiger partial charge on any atom is -0.490 e. The van der Waals surface area contributed by atoms with E-state index in [0.29, 0.717) is 12.5 Å². The van der Waals surface area contributed by atoms with E-state index in [0.717, 1.165) is 51.1 Å². The highest BCUT2D eigenvalue weighted by atomic mass is 16.5. The van der Waals surface area contributed by atoms with Crippen molar-refractivity contribution in [2.24, 2.45) is 5.92 Å². The third kappa shape index (κ3) is 5.59. The molecule has 0 radical (unpaired) electrons. The summed E-state index contributed by atoms with van der Waals surface area (Å²) >= 11 is 0. The topological polar surface area (TPSA) is 38.8 Å². The molecule has 3 aromatic carbocycles. The summed E-state index contributed by atoms with van der Waals surface area (Å²) in [4.78, 5) is 14.7. The Morgan fingerprint density at radius 1 is 0.889 bits per heavy atom. The number of nitrogens with zero attached hydrogens (tertiary/aromatic N) is 1. The minimum atomic E-state index is -0.0342. The fourth-order valence-corrected chi connectivity index (χ4v) is 6.08. The maximum atomic E-state index is 12.2. The van der Waals surface area contributed by atoms with Crippen LogP contribution in [0.1, 0.15) is 68.1 Å². The summed E-state index contributed by atoms with van der Waals surface area (Å²) in [6.45, 7) is 7.20. The zero-order valence-electron chi connectivity index (χ0n) is 21.7. The number of carbonyl (C=O) groups excluding carboxylic acids is 1. The Labute approximate surface area is 215 Å². The van der Waals surface area contributed by atoms with Crippen molar-refractivity contribution in [3.8, 4) is 5.75 Å². The number of likely N-dealkylation sites (tertiary alicyclic amines) is 1. The molecule has 0 N–H and O–H groups in total. The number of hydrogen-bond acceptors (Lipinski definition) is 4. The van der Waals surface area contributed by atoms with Crippen LogP contribution in [0, 0.1) is 12.8 Å². The highest BCUT2D eigenvalue weighted by molar-refractivity contribution is 5.90. The number of benzene rings is 3. The molecule has 1 saturated heterocycles. The van der Waals surface area contributed by atoms with Gasteiger partial charge in [-0.3, -0.25) is 9.69 Å². The van der Waals surface area contributed by atoms with E-state index in [4.69, 9.17) is 9.47 Å². The van der Waals surface area contributed by atoms with Crippen LogP contribution in [0.25, 0.3) is 10.8 Å². The van der Waals surface area contributed by atoms with E-state index < -0.39 is 0 Å². The van der Waals surface area contributed by atoms with Gasteiger partial charge < -0.3 is 9.47 Å². The van der Waals surface area contributed by atoms with Crippen LogP contribution in [-0.4, -0.2) is 36.7 Å². The molecule has 190 valence electrons. The number of carbonyl (C=O) groups is 1. The van der Waals surface area contributed by atoms with Gasteiger partial charge in [-0.1, -0.05) is 54.6 Å². The van der Waals surface area contributed by atoms with Gasteiger partial charge in [0.15, 0.2) is 0 Å². The standard InChI is InChI=1S/C32H39NO3/c1-3-35-32(34)26-17-19-33(20-18-26)22-30-29-12-8-7-11-28(29)23(2)21-31(30)36-27-15-13-25(14-16-27)24-9-5-4-6-10-24/h4-12,21,25-27H,3,13-20,22H2,1-2H3/t25-,27+. The van der Waals surface area contributed by atoms with Gasteiger partial charge in [-0.2, -0.15) is 0 Å². The van der Waals surface area contributed by atoms with Crippen LogP contribution in [0.4, 0.5) is 0 Å². The molecule has 0 bridgehead atoms. The van der Waals surface area contributed by atoms with Gasteiger partial charge >= 0.3 is 5.97 Å². The number of rotatable bonds is 7. The smallest absolute Gasteiger partial charge is 0.309 e. The number of aryl methyl sites for hydroxylation is 1. The average Bonchev–Trinajstić information content (AvgIpc) is 2.92. The molecule has 1 saturated carbocycles. The summed E-state index contributed by atoms with van der Waals surface area (Å²) in [5.74, 6) is 1.69. The molecule has 1 heterocycles. The fourth-order valence-electron chi connectivity index (χ4n) is 6.08. The van der Waals surface area contributed by atoms with Crippen molar-refractivity contribution in [1.29, 1.82) is 0 Å². The largest absolute Gasteiger partial charge is 0.490 e. The highest BCUT2D eigenvalue weighted by Gasteiger charge is 2.28. The lowest BCUT2D eigenvalue weighted by atomic mass is 9.83. The molecular formula is C32H39NO3. The summed E-state index contributed by atoms with van der Waals surface area (Å²) in [5, 5.41) is 2.59. The third-order valence-corrected chi connectivity index (χ3v) is 8.15. The zero-order valence-corrected chi connectivity index (χ0v) is 21.7. The first-order chi connectivity index (χ1) is 17.6. The molecule has 2 aliphatic rings. The lowest BCUT2D eigenvalue weighted by molar-refractivity contribution is -0.149. The first-order valence-corrected chi connectivity index (χ1v) is 13.7. The van der Waals surface area contributed by atoms with Gasteiger partial charge in [-0.15, -0.1) is 0 Å². The molecule has 3 aromatic rings. The van der Waals surface area contributed by atoms with Crippen molar-refractivity contribution in [3.63, 3.8) is 0 Å². The average molecular weight is 486 g/mol. The van der Waals surface area contributed by atoms with Crippen molar-refractivity contribution >= 4 is 16.7 Å². The second-order valence-electron chi connectivity index (χ2n) is 10.5. The number of esters is 1. The molecule has 0 aromatic heterocycles. The molecule has 0 unspecified atom stereocenters. The minimum absolute atomic E-state index is 0.0338. The Kier molecular flexibility index (Phi) is 7.91. The van der Waals surface area contributed by atoms with Crippen LogP contribution in [0.15, 0.2) is 60.7 Å². The molecule has 4 heteroatoms. The van der Waals surface area contributed by atoms with Gasteiger partial charge in [0.05, 0.1) is 18.6 Å². The first-order valence-electron chi connectivity index (χ1n) is 13.7. The lowest BCUT2D eigenvalue weighted by Crippen LogP contribution is -2.36. The van der Waals surface area contributed by atoms with E-state index in [1.807, 2.05) is 6.92 Å². The summed E-state index contributed by atoms with van der Waals surface area (Å²) < 4.78 is 12.1. The second-order valence-corrected chi connectivity index (χ2v) is 10.5. The maximum Gasteiger partial charge on any atom is 0.309 e. The van der Waals surface area contributed by atoms with Crippen LogP contribution in [-0.2, 0) is 16.1 Å². The van der Waals surface area contributed by atoms with Crippen LogP contribution >= 0.6 is 0 Å². The Morgan fingerprint density at radius 2 is 1.56 bits per heavy atom. The van der Waals surface area contributed by atoms with E-state index in [-0.39, 0.29) is 18.0 Å². The van der Waals surface area contributed by atoms with Crippen LogP contribution < -0.4 is 4.74 Å². The Balaban J connectivity index is 1.31. The molecule has 0 amide bonds. The Bertz CT molecular complexity index is 1160. The SMILES string of the molecule is CCOC(=O)C1CCN(Cc2c(O[C@H]3CC[C@@H](c4ccccc4)CC3)cc(C)c3ccccc23)CC1. The number of ether oxygens (including phenoxy) is 2. The molecule has 4 nitrogen and oxygen atoms in total. The van der Waals surface area contributed by atoms with Crippen molar-refractivity contribution in [1.82, 2.24) is 4.90 Å². The predicted molar refractivity (Wildman–Crippen MR) is 145 cm³/mol. The zero-order chi connectivity index (χ0) is 24.9. The third-order valence-electron chi connectivity index (χ3n) is 8.15. The van der Waals surface area contributed by atoms with Gasteiger partial charge in [0, 0.05) is 12.1 Å². The number of piperidine rings is 1. The van der Waals surface area contributed by atoms with Gasteiger partial charge in [-0.25, -0.2) is 0 Å². The molecule has 0 spiro atoms. The summed E-state index contributed by atoms with van der Waals surface area (Å²) in [7, 11) is 0. The molecule has 36 heavy (non-hydrogen) atoms. The molecule has 1 aliphatic carbocycles. The molecule has 0 atom stereocenters. The lowest BCUT2D eigenvalue weighted by Gasteiger charge is -2.33. The van der Waals surface area contributed by atoms with Gasteiger partial charge in [0.2, 0.25) is 0 Å². The van der Waals surface area contributed by atoms with Gasteiger partial charge in [0.25, 0.3) is 0 Å². The number of fused-ring (bicyclic) bond motifs is 1. The summed E-state index contributed by atoms with van der Waals surface area (Å²) in [6, 6.07) is 21.9. The van der Waals surface area contributed by atoms with E-state index in [2.05, 4.69) is 72.5 Å². The first kappa shape index (κ1) is 24.8. The second kappa shape index (κ2) is 11.5. The maximum absolute atomic E-state index is 12.2. The van der Waals surface area contributed by atoms with Crippen molar-refractivity contribution in [2.75, 3.05) is 19.7 Å². The van der Waals surface area contributed by atoms with E-state index in [9.17, 15) is 4.79 Å². The molecule has 5 rings (SSSR count). The highest BCUT2D eigenvalue weighted by Crippen LogP contribution is 2.38. The Morgan fingerprint density at radius 3 is 2.25 bits per heavy atom. The predicted octanol–water partition coefficient (Wildman–Crippen LogP) is 7.03. The normalized spacial score (nSPS) is 21.4. The Hall–Kier alpha value is -2.85. The summed E-state index contributed by atoms with van der Waals surface area (Å²) in [6.07, 6.45) is 6.53. The molecular weight excluding hydrogens is 446 g/mol. The van der Waals surface area contributed by atoms with Crippen LogP contribution in [0.2, 0.25) is 0 Å². The quantitative estimate of drug-likeness (QED) is 0.337. The van der Waals surface area contributed by atoms with E-state index in [1.165, 1.54) is 40.3 Å². The van der Waals surface area contributed by atoms with Crippen LogP contribution in [0.3, 0.4) is 0 Å². The van der Waals surface area contributed by atoms with Gasteiger partial charge in [0.1, 0.15) is 5.75 Å².